The number of carbonyl (C=O) groups excluding carboxylic acids is 2. The van der Waals surface area contributed by atoms with Crippen molar-refractivity contribution in [1.82, 2.24) is 0 Å². The van der Waals surface area contributed by atoms with E-state index in [2.05, 4.69) is 11.8 Å². The van der Waals surface area contributed by atoms with Crippen molar-refractivity contribution in [1.29, 1.82) is 0 Å². The normalized spacial score (nSPS) is 14.1. The van der Waals surface area contributed by atoms with E-state index in [1.807, 2.05) is 24.3 Å². The Morgan fingerprint density at radius 2 is 1.81 bits per heavy atom. The molecule has 1 heterocycles. The third-order valence-corrected chi connectivity index (χ3v) is 5.23. The molecule has 0 unspecified atom stereocenters. The smallest absolute Gasteiger partial charge is 0.262 e. The minimum Gasteiger partial charge on any atom is -0.497 e. The second-order valence-electron chi connectivity index (χ2n) is 7.36. The quantitative estimate of drug-likeness (QED) is 0.348. The van der Waals surface area contributed by atoms with Crippen LogP contribution in [-0.4, -0.2) is 25.8 Å². The van der Waals surface area contributed by atoms with Gasteiger partial charge in [-0.3, -0.25) is 9.59 Å². The largest absolute Gasteiger partial charge is 0.497 e. The molecule has 0 atom stereocenters. The van der Waals surface area contributed by atoms with Gasteiger partial charge in [-0.25, -0.2) is 4.39 Å². The van der Waals surface area contributed by atoms with Gasteiger partial charge in [-0.2, -0.15) is 0 Å². The first-order valence-electron chi connectivity index (χ1n) is 10.0. The molecular weight excluding hydrogens is 405 g/mol. The average Bonchev–Trinajstić information content (AvgIpc) is 2.81. The van der Waals surface area contributed by atoms with Gasteiger partial charge in [-0.1, -0.05) is 36.1 Å². The number of carbonyl (C=O) groups is 2. The summed E-state index contributed by atoms with van der Waals surface area (Å²) in [5.41, 5.74) is 3.10. The van der Waals surface area contributed by atoms with Gasteiger partial charge in [-0.15, -0.1) is 0 Å². The molecule has 1 aliphatic heterocycles. The number of fused-ring (bicyclic) bond motifs is 1. The zero-order chi connectivity index (χ0) is 22.7. The predicted octanol–water partition coefficient (Wildman–Crippen LogP) is 4.67. The first-order valence-corrected chi connectivity index (χ1v) is 10.0. The lowest BCUT2D eigenvalue weighted by atomic mass is 9.92. The number of rotatable bonds is 3. The van der Waals surface area contributed by atoms with E-state index >= 15 is 0 Å². The molecule has 158 valence electrons. The third kappa shape index (κ3) is 4.30. The van der Waals surface area contributed by atoms with E-state index in [0.29, 0.717) is 28.8 Å². The highest BCUT2D eigenvalue weighted by Gasteiger charge is 2.32. The van der Waals surface area contributed by atoms with Crippen molar-refractivity contribution in [3.8, 4) is 17.6 Å². The van der Waals surface area contributed by atoms with Crippen LogP contribution in [0.4, 0.5) is 10.1 Å². The molecule has 0 bridgehead atoms. The molecule has 0 fully saturated rings. The molecule has 0 radical (unpaired) electrons. The summed E-state index contributed by atoms with van der Waals surface area (Å²) in [5.74, 6) is 5.73. The van der Waals surface area contributed by atoms with Crippen molar-refractivity contribution < 1.29 is 18.7 Å². The van der Waals surface area contributed by atoms with Gasteiger partial charge in [0.25, 0.3) is 5.91 Å². The van der Waals surface area contributed by atoms with Crippen molar-refractivity contribution in [2.75, 3.05) is 19.1 Å². The number of likely N-dealkylation sites (N-methyl/N-ethyl adjacent to an activating group) is 1. The number of nitrogens with zero attached hydrogens (tertiary/aromatic N) is 1. The maximum Gasteiger partial charge on any atom is 0.262 e. The molecule has 0 saturated heterocycles. The van der Waals surface area contributed by atoms with E-state index in [1.54, 1.807) is 38.4 Å². The highest BCUT2D eigenvalue weighted by atomic mass is 19.1. The lowest BCUT2D eigenvalue weighted by Gasteiger charge is -2.26. The Balaban J connectivity index is 1.62. The van der Waals surface area contributed by atoms with Crippen LogP contribution in [0.15, 0.2) is 72.3 Å². The van der Waals surface area contributed by atoms with Crippen LogP contribution in [-0.2, 0) is 11.2 Å². The Bertz CT molecular complexity index is 1300. The van der Waals surface area contributed by atoms with E-state index in [4.69, 9.17) is 4.74 Å². The van der Waals surface area contributed by atoms with E-state index in [-0.39, 0.29) is 5.57 Å². The fourth-order valence-corrected chi connectivity index (χ4v) is 3.50. The number of anilines is 1. The molecule has 0 N–H and O–H groups in total. The molecule has 0 spiro atoms. The van der Waals surface area contributed by atoms with Crippen molar-refractivity contribution in [2.45, 2.75) is 6.42 Å². The minimum atomic E-state index is -0.432. The molecular formula is C27H20FNO3. The van der Waals surface area contributed by atoms with E-state index in [0.717, 1.165) is 11.3 Å². The van der Waals surface area contributed by atoms with Crippen LogP contribution in [0.5, 0.6) is 5.75 Å². The lowest BCUT2D eigenvalue weighted by Crippen LogP contribution is -2.36. The zero-order valence-electron chi connectivity index (χ0n) is 17.7. The molecule has 32 heavy (non-hydrogen) atoms. The van der Waals surface area contributed by atoms with Crippen LogP contribution in [0.25, 0.3) is 6.08 Å². The van der Waals surface area contributed by atoms with Gasteiger partial charge >= 0.3 is 0 Å². The maximum absolute atomic E-state index is 13.5. The standard InChI is InChI=1S/C27H20FNO3/c1-29-25-14-11-19(6-3-5-18-9-12-22(32-2)13-10-18)16-23(25)26(30)24(27(29)31)17-20-7-4-8-21(28)15-20/h4,7-17H,5H2,1-2H3. The Kier molecular flexibility index (Phi) is 5.87. The summed E-state index contributed by atoms with van der Waals surface area (Å²) in [6.45, 7) is 0. The second-order valence-corrected chi connectivity index (χ2v) is 7.36. The number of hydrogen-bond donors (Lipinski definition) is 0. The number of methoxy groups -OCH3 is 1. The molecule has 1 aliphatic rings. The molecule has 4 rings (SSSR count). The van der Waals surface area contributed by atoms with Crippen LogP contribution in [0.2, 0.25) is 0 Å². The third-order valence-electron chi connectivity index (χ3n) is 5.23. The maximum atomic E-state index is 13.5. The summed E-state index contributed by atoms with van der Waals surface area (Å²) in [6.07, 6.45) is 1.98. The zero-order valence-corrected chi connectivity index (χ0v) is 17.7. The number of hydrogen-bond acceptors (Lipinski definition) is 3. The van der Waals surface area contributed by atoms with Crippen molar-refractivity contribution in [3.63, 3.8) is 0 Å². The molecule has 3 aromatic carbocycles. The molecule has 0 saturated carbocycles. The average molecular weight is 425 g/mol. The first-order chi connectivity index (χ1) is 15.5. The highest BCUT2D eigenvalue weighted by Crippen LogP contribution is 2.31. The van der Waals surface area contributed by atoms with Crippen LogP contribution in [0.1, 0.15) is 27.0 Å². The summed E-state index contributed by atoms with van der Waals surface area (Å²) in [4.78, 5) is 27.3. The summed E-state index contributed by atoms with van der Waals surface area (Å²) < 4.78 is 18.7. The second kappa shape index (κ2) is 8.91. The number of benzene rings is 3. The summed E-state index contributed by atoms with van der Waals surface area (Å²) in [6, 6.07) is 18.7. The number of halogens is 1. The molecule has 3 aromatic rings. The van der Waals surface area contributed by atoms with Gasteiger partial charge in [0.15, 0.2) is 0 Å². The van der Waals surface area contributed by atoms with Crippen molar-refractivity contribution >= 4 is 23.5 Å². The van der Waals surface area contributed by atoms with Crippen LogP contribution in [0.3, 0.4) is 0 Å². The topological polar surface area (TPSA) is 46.6 Å². The van der Waals surface area contributed by atoms with Crippen molar-refractivity contribution in [2.24, 2.45) is 0 Å². The number of amides is 1. The molecule has 0 aliphatic carbocycles. The Labute approximate surface area is 185 Å². The van der Waals surface area contributed by atoms with E-state index < -0.39 is 17.5 Å². The van der Waals surface area contributed by atoms with E-state index in [1.165, 1.54) is 29.2 Å². The number of Topliss-reactive ketones (excluding diaryl/α,β-unsaturated/α-hetero) is 1. The van der Waals surface area contributed by atoms with Gasteiger partial charge in [0.2, 0.25) is 5.78 Å². The SMILES string of the molecule is COc1ccc(CC#Cc2ccc3c(c2)C(=O)C(=Cc2cccc(F)c2)C(=O)N3C)cc1. The predicted molar refractivity (Wildman–Crippen MR) is 122 cm³/mol. The summed E-state index contributed by atoms with van der Waals surface area (Å²) in [5, 5.41) is 0. The van der Waals surface area contributed by atoms with Crippen LogP contribution < -0.4 is 9.64 Å². The van der Waals surface area contributed by atoms with E-state index in [9.17, 15) is 14.0 Å². The Hall–Kier alpha value is -4.17. The van der Waals surface area contributed by atoms with Crippen LogP contribution in [0, 0.1) is 17.7 Å². The Morgan fingerprint density at radius 1 is 1.03 bits per heavy atom. The summed E-state index contributed by atoms with van der Waals surface area (Å²) in [7, 11) is 3.23. The number of ether oxygens (including phenoxy) is 1. The van der Waals surface area contributed by atoms with Gasteiger partial charge in [0, 0.05) is 24.6 Å². The lowest BCUT2D eigenvalue weighted by molar-refractivity contribution is -0.114. The first kappa shape index (κ1) is 21.1. The van der Waals surface area contributed by atoms with Gasteiger partial charge < -0.3 is 9.64 Å². The molecule has 1 amide bonds. The number of ketones is 1. The minimum absolute atomic E-state index is 0.00561. The van der Waals surface area contributed by atoms with Crippen LogP contribution >= 0.6 is 0 Å². The fourth-order valence-electron chi connectivity index (χ4n) is 3.50. The Morgan fingerprint density at radius 3 is 2.53 bits per heavy atom. The van der Waals surface area contributed by atoms with Gasteiger partial charge in [-0.05, 0) is 59.7 Å². The van der Waals surface area contributed by atoms with Gasteiger partial charge in [0.05, 0.1) is 18.4 Å². The molecule has 0 aromatic heterocycles. The molecule has 5 heteroatoms. The fraction of sp³-hybridized carbons (Fsp3) is 0.111. The monoisotopic (exact) mass is 425 g/mol. The summed E-state index contributed by atoms with van der Waals surface area (Å²) >= 11 is 0. The van der Waals surface area contributed by atoms with Crippen molar-refractivity contribution in [3.05, 3.63) is 100 Å². The highest BCUT2D eigenvalue weighted by molar-refractivity contribution is 6.36. The van der Waals surface area contributed by atoms with Gasteiger partial charge in [0.1, 0.15) is 11.6 Å². The molecule has 4 nitrogen and oxygen atoms in total.